The first kappa shape index (κ1) is 14.9. The summed E-state index contributed by atoms with van der Waals surface area (Å²) in [4.78, 5) is 0. The lowest BCUT2D eigenvalue weighted by atomic mass is 10.1. The third kappa shape index (κ3) is 5.45. The van der Waals surface area contributed by atoms with Crippen LogP contribution in [0.4, 0.5) is 8.78 Å². The van der Waals surface area contributed by atoms with E-state index in [1.165, 1.54) is 18.2 Å². The monoisotopic (exact) mass is 257 g/mol. The second-order valence-electron chi connectivity index (χ2n) is 5.28. The highest BCUT2D eigenvalue weighted by atomic mass is 19.1. The van der Waals surface area contributed by atoms with Crippen molar-refractivity contribution in [2.24, 2.45) is 0 Å². The van der Waals surface area contributed by atoms with Gasteiger partial charge in [-0.05, 0) is 52.3 Å². The second-order valence-corrected chi connectivity index (χ2v) is 5.28. The largest absolute Gasteiger partial charge is 0.488 e. The summed E-state index contributed by atoms with van der Waals surface area (Å²) in [6, 6.07) is 3.71. The summed E-state index contributed by atoms with van der Waals surface area (Å²) in [5.41, 5.74) is 0.0957. The van der Waals surface area contributed by atoms with Gasteiger partial charge in [0.1, 0.15) is 0 Å². The first-order chi connectivity index (χ1) is 8.40. The average Bonchev–Trinajstić information content (AvgIpc) is 2.25. The van der Waals surface area contributed by atoms with E-state index in [9.17, 15) is 8.78 Å². The zero-order valence-corrected chi connectivity index (χ0v) is 11.2. The van der Waals surface area contributed by atoms with Gasteiger partial charge in [0.15, 0.2) is 17.4 Å². The molecule has 0 saturated heterocycles. The number of para-hydroxylation sites is 1. The number of hydrogen-bond acceptors (Lipinski definition) is 2. The SMILES string of the molecule is CC(C)(C)NCCCCOc1c(F)cccc1F. The Kier molecular flexibility index (Phi) is 5.54. The average molecular weight is 257 g/mol. The smallest absolute Gasteiger partial charge is 0.190 e. The summed E-state index contributed by atoms with van der Waals surface area (Å²) in [7, 11) is 0. The number of benzene rings is 1. The van der Waals surface area contributed by atoms with Crippen LogP contribution in [0.5, 0.6) is 5.75 Å². The van der Waals surface area contributed by atoms with Crippen LogP contribution in [-0.2, 0) is 0 Å². The van der Waals surface area contributed by atoms with Crippen LogP contribution in [0.2, 0.25) is 0 Å². The van der Waals surface area contributed by atoms with Crippen LogP contribution in [0.25, 0.3) is 0 Å². The minimum atomic E-state index is -0.650. The van der Waals surface area contributed by atoms with Gasteiger partial charge in [0, 0.05) is 5.54 Å². The quantitative estimate of drug-likeness (QED) is 0.787. The lowest BCUT2D eigenvalue weighted by molar-refractivity contribution is 0.273. The van der Waals surface area contributed by atoms with Crippen molar-refractivity contribution < 1.29 is 13.5 Å². The third-order valence-corrected chi connectivity index (χ3v) is 2.39. The fraction of sp³-hybridized carbons (Fsp3) is 0.571. The fourth-order valence-electron chi connectivity index (χ4n) is 1.49. The maximum atomic E-state index is 13.2. The Bertz CT molecular complexity index is 354. The van der Waals surface area contributed by atoms with Crippen LogP contribution in [0.15, 0.2) is 18.2 Å². The number of halogens is 2. The molecule has 0 aliphatic carbocycles. The zero-order valence-electron chi connectivity index (χ0n) is 11.2. The van der Waals surface area contributed by atoms with E-state index >= 15 is 0 Å². The van der Waals surface area contributed by atoms with Crippen molar-refractivity contribution in [3.05, 3.63) is 29.8 Å². The summed E-state index contributed by atoms with van der Waals surface area (Å²) in [6.07, 6.45) is 1.67. The Hall–Kier alpha value is -1.16. The molecule has 0 spiro atoms. The van der Waals surface area contributed by atoms with Gasteiger partial charge in [0.05, 0.1) is 6.61 Å². The van der Waals surface area contributed by atoms with E-state index in [1.54, 1.807) is 0 Å². The first-order valence-electron chi connectivity index (χ1n) is 6.22. The number of nitrogens with one attached hydrogen (secondary N) is 1. The molecule has 1 N–H and O–H groups in total. The van der Waals surface area contributed by atoms with E-state index in [4.69, 9.17) is 4.74 Å². The summed E-state index contributed by atoms with van der Waals surface area (Å²) >= 11 is 0. The molecule has 102 valence electrons. The zero-order chi connectivity index (χ0) is 13.6. The Labute approximate surface area is 107 Å². The lowest BCUT2D eigenvalue weighted by Crippen LogP contribution is -2.36. The van der Waals surface area contributed by atoms with Crippen LogP contribution in [0.3, 0.4) is 0 Å². The van der Waals surface area contributed by atoms with Crippen molar-refractivity contribution in [2.75, 3.05) is 13.2 Å². The number of unbranched alkanes of at least 4 members (excludes halogenated alkanes) is 1. The molecule has 4 heteroatoms. The highest BCUT2D eigenvalue weighted by Gasteiger charge is 2.09. The molecule has 0 atom stereocenters. The molecule has 0 unspecified atom stereocenters. The first-order valence-corrected chi connectivity index (χ1v) is 6.22. The van der Waals surface area contributed by atoms with Gasteiger partial charge in [-0.2, -0.15) is 0 Å². The molecule has 0 radical (unpaired) electrons. The molecule has 0 aromatic heterocycles. The Morgan fingerprint density at radius 3 is 2.28 bits per heavy atom. The van der Waals surface area contributed by atoms with Crippen molar-refractivity contribution in [2.45, 2.75) is 39.2 Å². The van der Waals surface area contributed by atoms with E-state index in [0.717, 1.165) is 19.4 Å². The van der Waals surface area contributed by atoms with Crippen molar-refractivity contribution in [1.82, 2.24) is 5.32 Å². The molecule has 0 amide bonds. The molecule has 0 aliphatic rings. The fourth-order valence-corrected chi connectivity index (χ4v) is 1.49. The highest BCUT2D eigenvalue weighted by Crippen LogP contribution is 2.20. The molecule has 18 heavy (non-hydrogen) atoms. The van der Waals surface area contributed by atoms with Crippen LogP contribution < -0.4 is 10.1 Å². The third-order valence-electron chi connectivity index (χ3n) is 2.39. The summed E-state index contributed by atoms with van der Waals surface area (Å²) in [5, 5.41) is 3.34. The maximum absolute atomic E-state index is 13.2. The van der Waals surface area contributed by atoms with Gasteiger partial charge >= 0.3 is 0 Å². The van der Waals surface area contributed by atoms with Gasteiger partial charge in [0.25, 0.3) is 0 Å². The van der Waals surface area contributed by atoms with Crippen molar-refractivity contribution in [3.63, 3.8) is 0 Å². The molecule has 1 aromatic carbocycles. The molecule has 0 bridgehead atoms. The minimum Gasteiger partial charge on any atom is -0.488 e. The van der Waals surface area contributed by atoms with E-state index in [2.05, 4.69) is 26.1 Å². The maximum Gasteiger partial charge on any atom is 0.190 e. The van der Waals surface area contributed by atoms with E-state index < -0.39 is 11.6 Å². The van der Waals surface area contributed by atoms with Gasteiger partial charge < -0.3 is 10.1 Å². The summed E-state index contributed by atoms with van der Waals surface area (Å²) in [6.45, 7) is 7.48. The normalized spacial score (nSPS) is 11.6. The molecule has 0 heterocycles. The number of rotatable bonds is 6. The van der Waals surface area contributed by atoms with Crippen molar-refractivity contribution >= 4 is 0 Å². The topological polar surface area (TPSA) is 21.3 Å². The summed E-state index contributed by atoms with van der Waals surface area (Å²) < 4.78 is 31.5. The minimum absolute atomic E-state index is 0.0957. The molecular weight excluding hydrogens is 236 g/mol. The lowest BCUT2D eigenvalue weighted by Gasteiger charge is -2.20. The molecule has 2 nitrogen and oxygen atoms in total. The number of hydrogen-bond donors (Lipinski definition) is 1. The predicted molar refractivity (Wildman–Crippen MR) is 68.8 cm³/mol. The molecular formula is C14H21F2NO. The second kappa shape index (κ2) is 6.69. The van der Waals surface area contributed by atoms with Crippen LogP contribution >= 0.6 is 0 Å². The van der Waals surface area contributed by atoms with Crippen LogP contribution in [-0.4, -0.2) is 18.7 Å². The molecule has 0 saturated carbocycles. The van der Waals surface area contributed by atoms with Crippen LogP contribution in [0.1, 0.15) is 33.6 Å². The van der Waals surface area contributed by atoms with Crippen molar-refractivity contribution in [3.8, 4) is 5.75 Å². The summed E-state index contributed by atoms with van der Waals surface area (Å²) in [5.74, 6) is -1.58. The molecule has 1 rings (SSSR count). The Balaban J connectivity index is 2.22. The Morgan fingerprint density at radius 1 is 1.11 bits per heavy atom. The van der Waals surface area contributed by atoms with E-state index in [-0.39, 0.29) is 11.3 Å². The van der Waals surface area contributed by atoms with Crippen molar-refractivity contribution in [1.29, 1.82) is 0 Å². The highest BCUT2D eigenvalue weighted by molar-refractivity contribution is 5.25. The standard InChI is InChI=1S/C14H21F2NO/c1-14(2,3)17-9-4-5-10-18-13-11(15)7-6-8-12(13)16/h6-8,17H,4-5,9-10H2,1-3H3. The van der Waals surface area contributed by atoms with E-state index in [0.29, 0.717) is 6.61 Å². The molecule has 0 fully saturated rings. The van der Waals surface area contributed by atoms with Gasteiger partial charge in [-0.1, -0.05) is 6.07 Å². The van der Waals surface area contributed by atoms with Crippen LogP contribution in [0, 0.1) is 11.6 Å². The number of ether oxygens (including phenoxy) is 1. The molecule has 0 aliphatic heterocycles. The van der Waals surface area contributed by atoms with E-state index in [1.807, 2.05) is 0 Å². The van der Waals surface area contributed by atoms with Gasteiger partial charge in [-0.3, -0.25) is 0 Å². The Morgan fingerprint density at radius 2 is 1.72 bits per heavy atom. The van der Waals surface area contributed by atoms with Gasteiger partial charge in [0.2, 0.25) is 0 Å². The van der Waals surface area contributed by atoms with Gasteiger partial charge in [-0.15, -0.1) is 0 Å². The molecule has 1 aromatic rings. The van der Waals surface area contributed by atoms with Gasteiger partial charge in [-0.25, -0.2) is 8.78 Å². The predicted octanol–water partition coefficient (Wildman–Crippen LogP) is 3.51.